The molecular weight excluding hydrogens is 324 g/mol. The van der Waals surface area contributed by atoms with Crippen LogP contribution in [0.1, 0.15) is 40.9 Å². The molecule has 0 spiro atoms. The predicted molar refractivity (Wildman–Crippen MR) is 104 cm³/mol. The molecule has 2 aromatic carbocycles. The van der Waals surface area contributed by atoms with Gasteiger partial charge in [0.1, 0.15) is 5.75 Å². The van der Waals surface area contributed by atoms with Crippen LogP contribution in [0, 0.1) is 0 Å². The molecule has 26 heavy (non-hydrogen) atoms. The summed E-state index contributed by atoms with van der Waals surface area (Å²) in [6.45, 7) is 3.01. The quantitative estimate of drug-likeness (QED) is 0.684. The highest BCUT2D eigenvalue weighted by Crippen LogP contribution is 2.39. The largest absolute Gasteiger partial charge is 0.496 e. The zero-order chi connectivity index (χ0) is 18.1. The number of fused-ring (bicyclic) bond motifs is 3. The Kier molecular flexibility index (Phi) is 4.51. The summed E-state index contributed by atoms with van der Waals surface area (Å²) in [5.74, 6) is 0.574. The van der Waals surface area contributed by atoms with Crippen LogP contribution < -0.4 is 10.1 Å². The van der Waals surface area contributed by atoms with Crippen LogP contribution in [-0.2, 0) is 6.42 Å². The summed E-state index contributed by atoms with van der Waals surface area (Å²) >= 11 is 0. The summed E-state index contributed by atoms with van der Waals surface area (Å²) in [7, 11) is 1.61. The number of nitrogens with one attached hydrogen (secondary N) is 2. The van der Waals surface area contributed by atoms with Gasteiger partial charge < -0.3 is 15.0 Å². The van der Waals surface area contributed by atoms with Gasteiger partial charge >= 0.3 is 0 Å². The van der Waals surface area contributed by atoms with Gasteiger partial charge in [0.15, 0.2) is 5.78 Å². The first-order valence-electron chi connectivity index (χ1n) is 9.23. The number of aromatic amines is 1. The summed E-state index contributed by atoms with van der Waals surface area (Å²) in [5, 5.41) is 4.77. The van der Waals surface area contributed by atoms with Gasteiger partial charge in [-0.1, -0.05) is 37.3 Å². The fraction of sp³-hybridized carbons (Fsp3) is 0.318. The lowest BCUT2D eigenvalue weighted by Crippen LogP contribution is -2.37. The molecule has 1 heterocycles. The van der Waals surface area contributed by atoms with Crippen molar-refractivity contribution in [2.75, 3.05) is 13.7 Å². The van der Waals surface area contributed by atoms with E-state index in [1.54, 1.807) is 7.11 Å². The van der Waals surface area contributed by atoms with Crippen LogP contribution in [0.5, 0.6) is 5.75 Å². The smallest absolute Gasteiger partial charge is 0.175 e. The molecule has 0 saturated heterocycles. The van der Waals surface area contributed by atoms with Crippen LogP contribution in [0.25, 0.3) is 10.9 Å². The number of carbonyl (C=O) groups excluding carboxylic acids is 1. The van der Waals surface area contributed by atoms with E-state index in [0.717, 1.165) is 30.6 Å². The molecule has 4 rings (SSSR count). The summed E-state index contributed by atoms with van der Waals surface area (Å²) in [6, 6.07) is 16.1. The second-order valence-corrected chi connectivity index (χ2v) is 6.87. The number of hydrogen-bond acceptors (Lipinski definition) is 3. The number of rotatable bonds is 5. The summed E-state index contributed by atoms with van der Waals surface area (Å²) in [5.41, 5.74) is 4.09. The molecule has 0 fully saturated rings. The third kappa shape index (κ3) is 2.80. The van der Waals surface area contributed by atoms with Gasteiger partial charge in [0.2, 0.25) is 0 Å². The minimum atomic E-state index is -0.188. The fourth-order valence-corrected chi connectivity index (χ4v) is 4.19. The molecule has 134 valence electrons. The molecule has 3 aromatic rings. The highest BCUT2D eigenvalue weighted by Gasteiger charge is 2.35. The van der Waals surface area contributed by atoms with Crippen LogP contribution in [0.3, 0.4) is 0 Å². The van der Waals surface area contributed by atoms with E-state index in [1.165, 1.54) is 10.9 Å². The summed E-state index contributed by atoms with van der Waals surface area (Å²) in [6.07, 6.45) is 1.74. The third-order valence-electron chi connectivity index (χ3n) is 5.35. The van der Waals surface area contributed by atoms with Crippen molar-refractivity contribution < 1.29 is 9.53 Å². The van der Waals surface area contributed by atoms with E-state index in [2.05, 4.69) is 35.4 Å². The van der Waals surface area contributed by atoms with Crippen molar-refractivity contribution in [3.63, 3.8) is 0 Å². The van der Waals surface area contributed by atoms with Crippen molar-refractivity contribution >= 4 is 16.7 Å². The molecule has 2 atom stereocenters. The fourth-order valence-electron chi connectivity index (χ4n) is 4.19. The zero-order valence-corrected chi connectivity index (χ0v) is 15.2. The minimum absolute atomic E-state index is 0.123. The standard InChI is InChI=1S/C22H24N2O2/c1-3-23-14-12-17-15-8-4-6-10-19(15)24-21(17)18(13-14)22(25)16-9-5-7-11-20(16)26-2/h4-11,14,18,23-24H,3,12-13H2,1-2H3. The highest BCUT2D eigenvalue weighted by molar-refractivity contribution is 6.04. The molecule has 2 N–H and O–H groups in total. The molecule has 1 aromatic heterocycles. The van der Waals surface area contributed by atoms with E-state index in [0.29, 0.717) is 17.4 Å². The lowest BCUT2D eigenvalue weighted by molar-refractivity contribution is 0.0940. The Morgan fingerprint density at radius 2 is 1.96 bits per heavy atom. The average Bonchev–Trinajstić information content (AvgIpc) is 3.06. The number of carbonyl (C=O) groups is 1. The van der Waals surface area contributed by atoms with Crippen LogP contribution in [0.2, 0.25) is 0 Å². The number of methoxy groups -OCH3 is 1. The molecule has 2 unspecified atom stereocenters. The first-order chi connectivity index (χ1) is 12.7. The van der Waals surface area contributed by atoms with Crippen LogP contribution in [0.15, 0.2) is 48.5 Å². The lowest BCUT2D eigenvalue weighted by Gasteiger charge is -2.29. The molecule has 0 aliphatic heterocycles. The molecule has 0 amide bonds. The Morgan fingerprint density at radius 1 is 1.19 bits per heavy atom. The number of ether oxygens (including phenoxy) is 1. The monoisotopic (exact) mass is 348 g/mol. The van der Waals surface area contributed by atoms with Gasteiger partial charge in [-0.3, -0.25) is 4.79 Å². The first kappa shape index (κ1) is 16.9. The van der Waals surface area contributed by atoms with Gasteiger partial charge in [-0.15, -0.1) is 0 Å². The second-order valence-electron chi connectivity index (χ2n) is 6.87. The van der Waals surface area contributed by atoms with Gasteiger partial charge in [0, 0.05) is 22.6 Å². The maximum Gasteiger partial charge on any atom is 0.175 e. The number of hydrogen-bond donors (Lipinski definition) is 2. The summed E-state index contributed by atoms with van der Waals surface area (Å²) < 4.78 is 5.43. The van der Waals surface area contributed by atoms with Crippen LogP contribution in [0.4, 0.5) is 0 Å². The van der Waals surface area contributed by atoms with E-state index in [1.807, 2.05) is 30.3 Å². The van der Waals surface area contributed by atoms with Crippen molar-refractivity contribution in [3.05, 3.63) is 65.4 Å². The molecule has 0 saturated carbocycles. The van der Waals surface area contributed by atoms with E-state index < -0.39 is 0 Å². The predicted octanol–water partition coefficient (Wildman–Crippen LogP) is 4.07. The SMILES string of the molecule is CCNC1Cc2c([nH]c3ccccc23)C(C(=O)c2ccccc2OC)C1. The molecular formula is C22H24N2O2. The van der Waals surface area contributed by atoms with Crippen molar-refractivity contribution in [2.24, 2.45) is 0 Å². The van der Waals surface area contributed by atoms with Crippen molar-refractivity contribution in [1.82, 2.24) is 10.3 Å². The second kappa shape index (κ2) is 6.96. The summed E-state index contributed by atoms with van der Waals surface area (Å²) in [4.78, 5) is 17.0. The third-order valence-corrected chi connectivity index (χ3v) is 5.35. The van der Waals surface area contributed by atoms with Crippen LogP contribution in [-0.4, -0.2) is 30.5 Å². The van der Waals surface area contributed by atoms with Crippen molar-refractivity contribution in [3.8, 4) is 5.75 Å². The van der Waals surface area contributed by atoms with Crippen molar-refractivity contribution in [2.45, 2.75) is 31.7 Å². The maximum atomic E-state index is 13.4. The Hall–Kier alpha value is -2.59. The number of ketones is 1. The first-order valence-corrected chi connectivity index (χ1v) is 9.23. The highest BCUT2D eigenvalue weighted by atomic mass is 16.5. The number of H-pyrrole nitrogens is 1. The molecule has 4 heteroatoms. The topological polar surface area (TPSA) is 54.1 Å². The van der Waals surface area contributed by atoms with E-state index >= 15 is 0 Å². The Morgan fingerprint density at radius 3 is 2.77 bits per heavy atom. The zero-order valence-electron chi connectivity index (χ0n) is 15.2. The minimum Gasteiger partial charge on any atom is -0.496 e. The Labute approximate surface area is 153 Å². The average molecular weight is 348 g/mol. The lowest BCUT2D eigenvalue weighted by atomic mass is 9.79. The van der Waals surface area contributed by atoms with Gasteiger partial charge in [-0.2, -0.15) is 0 Å². The maximum absolute atomic E-state index is 13.4. The van der Waals surface area contributed by atoms with Gasteiger partial charge in [-0.05, 0) is 43.1 Å². The Balaban J connectivity index is 1.81. The normalized spacial score (nSPS) is 19.3. The van der Waals surface area contributed by atoms with E-state index in [9.17, 15) is 4.79 Å². The molecule has 4 nitrogen and oxygen atoms in total. The number of Topliss-reactive ketones (excluding diaryl/α,β-unsaturated/α-hetero) is 1. The van der Waals surface area contributed by atoms with Gasteiger partial charge in [0.25, 0.3) is 0 Å². The number of aromatic nitrogens is 1. The molecule has 0 bridgehead atoms. The molecule has 1 aliphatic rings. The number of para-hydroxylation sites is 2. The van der Waals surface area contributed by atoms with Crippen molar-refractivity contribution in [1.29, 1.82) is 0 Å². The van der Waals surface area contributed by atoms with E-state index in [-0.39, 0.29) is 11.7 Å². The molecule has 1 aliphatic carbocycles. The molecule has 0 radical (unpaired) electrons. The van der Waals surface area contributed by atoms with Gasteiger partial charge in [-0.25, -0.2) is 0 Å². The van der Waals surface area contributed by atoms with Gasteiger partial charge in [0.05, 0.1) is 18.6 Å². The van der Waals surface area contributed by atoms with Crippen LogP contribution >= 0.6 is 0 Å². The Bertz CT molecular complexity index is 944. The van der Waals surface area contributed by atoms with E-state index in [4.69, 9.17) is 4.74 Å². The number of benzene rings is 2. The number of likely N-dealkylation sites (N-methyl/N-ethyl adjacent to an activating group) is 1.